The number of aliphatic hydroxyl groups is 1. The molecular formula is C12H17NO2. The Kier molecular flexibility index (Phi) is 2.93. The normalized spacial score (nSPS) is 24.3. The van der Waals surface area contributed by atoms with Gasteiger partial charge in [0.15, 0.2) is 0 Å². The minimum atomic E-state index is -0.331. The second-order valence-corrected chi connectivity index (χ2v) is 4.13. The van der Waals surface area contributed by atoms with Gasteiger partial charge in [-0.1, -0.05) is 12.1 Å². The fraction of sp³-hybridized carbons (Fsp3) is 0.500. The lowest BCUT2D eigenvalue weighted by Crippen LogP contribution is -2.31. The highest BCUT2D eigenvalue weighted by atomic mass is 16.3. The van der Waals surface area contributed by atoms with E-state index in [4.69, 9.17) is 0 Å². The van der Waals surface area contributed by atoms with Crippen LogP contribution in [-0.4, -0.2) is 27.9 Å². The van der Waals surface area contributed by atoms with E-state index in [2.05, 4.69) is 11.8 Å². The molecule has 2 N–H and O–H groups in total. The summed E-state index contributed by atoms with van der Waals surface area (Å²) in [5.41, 5.74) is 1.05. The smallest absolute Gasteiger partial charge is 0.115 e. The van der Waals surface area contributed by atoms with Crippen molar-refractivity contribution in [3.63, 3.8) is 0 Å². The van der Waals surface area contributed by atoms with Crippen LogP contribution in [-0.2, 0) is 0 Å². The minimum absolute atomic E-state index is 0.162. The van der Waals surface area contributed by atoms with Crippen LogP contribution < -0.4 is 0 Å². The van der Waals surface area contributed by atoms with Gasteiger partial charge in [0.1, 0.15) is 12.0 Å². The molecule has 82 valence electrons. The number of hydrogen-bond acceptors (Lipinski definition) is 3. The molecule has 0 aromatic heterocycles. The zero-order chi connectivity index (χ0) is 10.8. The van der Waals surface area contributed by atoms with E-state index in [0.717, 1.165) is 24.9 Å². The first kappa shape index (κ1) is 10.5. The first-order chi connectivity index (χ1) is 7.18. The van der Waals surface area contributed by atoms with Gasteiger partial charge in [-0.25, -0.2) is 0 Å². The van der Waals surface area contributed by atoms with Crippen LogP contribution in [0.15, 0.2) is 24.3 Å². The lowest BCUT2D eigenvalue weighted by molar-refractivity contribution is 0.0126. The number of aromatic hydroxyl groups is 1. The molecule has 15 heavy (non-hydrogen) atoms. The van der Waals surface area contributed by atoms with Gasteiger partial charge in [-0.15, -0.1) is 0 Å². The maximum atomic E-state index is 9.75. The molecule has 1 aromatic rings. The van der Waals surface area contributed by atoms with Crippen LogP contribution in [0.5, 0.6) is 5.75 Å². The standard InChI is InChI=1S/C12H17NO2/c1-9(13-7-3-6-12(13)15)10-4-2-5-11(14)8-10/h2,4-5,8-9,12,14-15H,3,6-7H2,1H3. The minimum Gasteiger partial charge on any atom is -0.508 e. The molecule has 2 atom stereocenters. The Morgan fingerprint density at radius 2 is 2.27 bits per heavy atom. The second-order valence-electron chi connectivity index (χ2n) is 4.13. The fourth-order valence-electron chi connectivity index (χ4n) is 2.20. The van der Waals surface area contributed by atoms with Crippen molar-refractivity contribution >= 4 is 0 Å². The average Bonchev–Trinajstić information content (AvgIpc) is 2.63. The van der Waals surface area contributed by atoms with Crippen molar-refractivity contribution in [2.75, 3.05) is 6.54 Å². The lowest BCUT2D eigenvalue weighted by Gasteiger charge is -2.27. The van der Waals surface area contributed by atoms with E-state index in [0.29, 0.717) is 0 Å². The Balaban J connectivity index is 2.16. The third-order valence-electron chi connectivity index (χ3n) is 3.11. The zero-order valence-electron chi connectivity index (χ0n) is 8.93. The molecule has 0 aliphatic carbocycles. The van der Waals surface area contributed by atoms with E-state index in [1.54, 1.807) is 12.1 Å². The van der Waals surface area contributed by atoms with Gasteiger partial charge < -0.3 is 10.2 Å². The molecule has 0 radical (unpaired) electrons. The van der Waals surface area contributed by atoms with Crippen LogP contribution in [0.2, 0.25) is 0 Å². The summed E-state index contributed by atoms with van der Waals surface area (Å²) in [6.07, 6.45) is 1.57. The summed E-state index contributed by atoms with van der Waals surface area (Å²) in [7, 11) is 0. The highest BCUT2D eigenvalue weighted by Gasteiger charge is 2.27. The molecule has 1 aliphatic rings. The molecule has 1 saturated heterocycles. The maximum Gasteiger partial charge on any atom is 0.115 e. The topological polar surface area (TPSA) is 43.7 Å². The molecule has 0 amide bonds. The molecular weight excluding hydrogens is 190 g/mol. The van der Waals surface area contributed by atoms with Gasteiger partial charge >= 0.3 is 0 Å². The summed E-state index contributed by atoms with van der Waals surface area (Å²) in [4.78, 5) is 2.06. The molecule has 1 heterocycles. The van der Waals surface area contributed by atoms with Gasteiger partial charge in [-0.05, 0) is 37.5 Å². The van der Waals surface area contributed by atoms with E-state index in [-0.39, 0.29) is 18.0 Å². The van der Waals surface area contributed by atoms with Crippen molar-refractivity contribution in [1.29, 1.82) is 0 Å². The van der Waals surface area contributed by atoms with Gasteiger partial charge in [0.05, 0.1) is 0 Å². The van der Waals surface area contributed by atoms with Crippen LogP contribution in [0.4, 0.5) is 0 Å². The van der Waals surface area contributed by atoms with E-state index < -0.39 is 0 Å². The molecule has 0 spiro atoms. The fourth-order valence-corrected chi connectivity index (χ4v) is 2.20. The zero-order valence-corrected chi connectivity index (χ0v) is 8.93. The molecule has 2 unspecified atom stereocenters. The third-order valence-corrected chi connectivity index (χ3v) is 3.11. The van der Waals surface area contributed by atoms with Crippen molar-refractivity contribution in [2.24, 2.45) is 0 Å². The quantitative estimate of drug-likeness (QED) is 0.778. The van der Waals surface area contributed by atoms with E-state index in [9.17, 15) is 10.2 Å². The first-order valence-corrected chi connectivity index (χ1v) is 5.41. The molecule has 3 heteroatoms. The number of hydrogen-bond donors (Lipinski definition) is 2. The molecule has 3 nitrogen and oxygen atoms in total. The number of aliphatic hydroxyl groups excluding tert-OH is 1. The van der Waals surface area contributed by atoms with Gasteiger partial charge in [0, 0.05) is 12.6 Å². The average molecular weight is 207 g/mol. The van der Waals surface area contributed by atoms with Crippen molar-refractivity contribution in [3.05, 3.63) is 29.8 Å². The molecule has 1 aromatic carbocycles. The Bertz CT molecular complexity index is 340. The summed E-state index contributed by atoms with van der Waals surface area (Å²) >= 11 is 0. The number of rotatable bonds is 2. The Morgan fingerprint density at radius 1 is 1.47 bits per heavy atom. The number of phenolic OH excluding ortho intramolecular Hbond substituents is 1. The van der Waals surface area contributed by atoms with Crippen LogP contribution in [0.3, 0.4) is 0 Å². The van der Waals surface area contributed by atoms with E-state index in [1.165, 1.54) is 0 Å². The summed E-state index contributed by atoms with van der Waals surface area (Å²) in [5, 5.41) is 19.1. The third kappa shape index (κ3) is 2.13. The van der Waals surface area contributed by atoms with Crippen molar-refractivity contribution in [2.45, 2.75) is 32.0 Å². The van der Waals surface area contributed by atoms with Crippen molar-refractivity contribution in [1.82, 2.24) is 4.90 Å². The first-order valence-electron chi connectivity index (χ1n) is 5.41. The molecule has 2 rings (SSSR count). The maximum absolute atomic E-state index is 9.75. The molecule has 1 aliphatic heterocycles. The van der Waals surface area contributed by atoms with Crippen molar-refractivity contribution in [3.8, 4) is 5.75 Å². The van der Waals surface area contributed by atoms with E-state index >= 15 is 0 Å². The summed E-state index contributed by atoms with van der Waals surface area (Å²) < 4.78 is 0. The van der Waals surface area contributed by atoms with Gasteiger partial charge in [0.2, 0.25) is 0 Å². The summed E-state index contributed by atoms with van der Waals surface area (Å²) in [6.45, 7) is 2.99. The number of likely N-dealkylation sites (tertiary alicyclic amines) is 1. The van der Waals surface area contributed by atoms with E-state index in [1.807, 2.05) is 12.1 Å². The molecule has 0 bridgehead atoms. The Hall–Kier alpha value is -1.06. The SMILES string of the molecule is CC(c1cccc(O)c1)N1CCCC1O. The Morgan fingerprint density at radius 3 is 2.87 bits per heavy atom. The van der Waals surface area contributed by atoms with Crippen LogP contribution in [0, 0.1) is 0 Å². The number of nitrogens with zero attached hydrogens (tertiary/aromatic N) is 1. The highest BCUT2D eigenvalue weighted by molar-refractivity contribution is 5.29. The predicted molar refractivity (Wildman–Crippen MR) is 58.5 cm³/mol. The number of phenols is 1. The van der Waals surface area contributed by atoms with Gasteiger partial charge in [-0.3, -0.25) is 4.90 Å². The van der Waals surface area contributed by atoms with Crippen molar-refractivity contribution < 1.29 is 10.2 Å². The predicted octanol–water partition coefficient (Wildman–Crippen LogP) is 1.87. The van der Waals surface area contributed by atoms with Crippen LogP contribution >= 0.6 is 0 Å². The largest absolute Gasteiger partial charge is 0.508 e. The Labute approximate surface area is 90.0 Å². The lowest BCUT2D eigenvalue weighted by atomic mass is 10.1. The van der Waals surface area contributed by atoms with Crippen LogP contribution in [0.25, 0.3) is 0 Å². The molecule has 1 fully saturated rings. The number of benzene rings is 1. The van der Waals surface area contributed by atoms with Crippen LogP contribution in [0.1, 0.15) is 31.4 Å². The summed E-state index contributed by atoms with van der Waals surface area (Å²) in [6, 6.07) is 7.40. The highest BCUT2D eigenvalue weighted by Crippen LogP contribution is 2.29. The molecule has 0 saturated carbocycles. The van der Waals surface area contributed by atoms with Gasteiger partial charge in [-0.2, -0.15) is 0 Å². The van der Waals surface area contributed by atoms with Gasteiger partial charge in [0.25, 0.3) is 0 Å². The second kappa shape index (κ2) is 4.21. The summed E-state index contributed by atoms with van der Waals surface area (Å²) in [5.74, 6) is 0.285. The monoisotopic (exact) mass is 207 g/mol.